The highest BCUT2D eigenvalue weighted by Gasteiger charge is 2.54. The molecule has 6 N–H and O–H groups in total. The predicted octanol–water partition coefficient (Wildman–Crippen LogP) is 1.53. The first-order valence-electron chi connectivity index (χ1n) is 10.5. The number of halogens is 4. The predicted molar refractivity (Wildman–Crippen MR) is 115 cm³/mol. The minimum atomic E-state index is -2.98. The van der Waals surface area contributed by atoms with E-state index in [0.29, 0.717) is 6.07 Å². The second kappa shape index (κ2) is 11.4. The minimum Gasteiger partial charge on any atom is -0.394 e. The quantitative estimate of drug-likeness (QED) is 0.211. The number of hydrogen-bond acceptors (Lipinski definition) is 6. The van der Waals surface area contributed by atoms with Gasteiger partial charge in [0.25, 0.3) is 0 Å². The summed E-state index contributed by atoms with van der Waals surface area (Å²) >= 11 is 0. The van der Waals surface area contributed by atoms with Gasteiger partial charge in [-0.25, -0.2) is 17.6 Å². The van der Waals surface area contributed by atoms with Crippen molar-refractivity contribution < 1.29 is 48.2 Å². The first-order chi connectivity index (χ1) is 15.9. The maximum atomic E-state index is 14.3. The second-order valence-electron chi connectivity index (χ2n) is 8.29. The SMILES string of the molecule is C/C=C/CC(O)(Cc1cc(F)ccc1F)[C@@H](O)[C@@](O)(Cc1cc(F)ccc1F)[C@H](O)[C@@H](O)CO. The van der Waals surface area contributed by atoms with Crippen molar-refractivity contribution in [2.45, 2.75) is 55.7 Å². The molecule has 0 radical (unpaired) electrons. The molecular formula is C24H28F4O6. The van der Waals surface area contributed by atoms with Crippen LogP contribution in [0.3, 0.4) is 0 Å². The standard InChI is InChI=1S/C24H28F4O6/c1-2-3-8-23(33,11-14-9-16(25)4-6-18(14)27)22(32)24(34,21(31)20(30)13-29)12-15-10-17(26)5-7-19(15)28/h2-7,9-10,20-22,29-34H,8,11-13H2,1H3/b3-2+/t20-,21+,22+,23?,24+/m0/s1. The number of benzene rings is 2. The fourth-order valence-electron chi connectivity index (χ4n) is 3.86. The summed E-state index contributed by atoms with van der Waals surface area (Å²) in [4.78, 5) is 0. The molecule has 0 aromatic heterocycles. The van der Waals surface area contributed by atoms with Crippen LogP contribution in [-0.2, 0) is 12.8 Å². The summed E-state index contributed by atoms with van der Waals surface area (Å²) in [5.41, 5.74) is -6.36. The highest BCUT2D eigenvalue weighted by Crippen LogP contribution is 2.35. The smallest absolute Gasteiger partial charge is 0.126 e. The molecule has 5 atom stereocenters. The zero-order valence-corrected chi connectivity index (χ0v) is 18.4. The fraction of sp³-hybridized carbons (Fsp3) is 0.417. The van der Waals surface area contributed by atoms with E-state index in [1.165, 1.54) is 12.2 Å². The van der Waals surface area contributed by atoms with Crippen LogP contribution in [0.15, 0.2) is 48.6 Å². The molecule has 6 nitrogen and oxygen atoms in total. The van der Waals surface area contributed by atoms with Crippen molar-refractivity contribution in [1.82, 2.24) is 0 Å². The van der Waals surface area contributed by atoms with Crippen molar-refractivity contribution in [3.05, 3.63) is 82.9 Å². The van der Waals surface area contributed by atoms with Crippen LogP contribution in [-0.4, -0.2) is 66.8 Å². The molecule has 10 heteroatoms. The molecule has 0 heterocycles. The van der Waals surface area contributed by atoms with Gasteiger partial charge in [0, 0.05) is 12.8 Å². The Hall–Kier alpha value is -2.34. The number of allylic oxidation sites excluding steroid dienone is 1. The molecule has 1 unspecified atom stereocenters. The molecule has 2 aromatic carbocycles. The molecule has 34 heavy (non-hydrogen) atoms. The van der Waals surface area contributed by atoms with Gasteiger partial charge < -0.3 is 30.6 Å². The number of aliphatic hydroxyl groups excluding tert-OH is 4. The van der Waals surface area contributed by atoms with Crippen molar-refractivity contribution in [2.75, 3.05) is 6.61 Å². The number of aliphatic hydroxyl groups is 6. The highest BCUT2D eigenvalue weighted by molar-refractivity contribution is 5.26. The van der Waals surface area contributed by atoms with E-state index in [1.54, 1.807) is 6.92 Å². The van der Waals surface area contributed by atoms with Crippen molar-refractivity contribution in [3.8, 4) is 0 Å². The molecule has 2 rings (SSSR count). The maximum absolute atomic E-state index is 14.3. The highest BCUT2D eigenvalue weighted by atomic mass is 19.1. The normalized spacial score (nSPS) is 18.3. The van der Waals surface area contributed by atoms with Gasteiger partial charge in [-0.05, 0) is 60.9 Å². The molecule has 0 aliphatic heterocycles. The Morgan fingerprint density at radius 1 is 0.853 bits per heavy atom. The van der Waals surface area contributed by atoms with Crippen molar-refractivity contribution >= 4 is 0 Å². The summed E-state index contributed by atoms with van der Waals surface area (Å²) < 4.78 is 56.1. The van der Waals surface area contributed by atoms with E-state index in [9.17, 15) is 48.2 Å². The Morgan fingerprint density at radius 2 is 1.35 bits per heavy atom. The maximum Gasteiger partial charge on any atom is 0.126 e. The van der Waals surface area contributed by atoms with E-state index >= 15 is 0 Å². The van der Waals surface area contributed by atoms with Crippen molar-refractivity contribution in [1.29, 1.82) is 0 Å². The van der Waals surface area contributed by atoms with Gasteiger partial charge in [0.15, 0.2) is 0 Å². The fourth-order valence-corrected chi connectivity index (χ4v) is 3.86. The summed E-state index contributed by atoms with van der Waals surface area (Å²) in [6, 6.07) is 4.62. The molecule has 188 valence electrons. The Labute approximate surface area is 194 Å². The van der Waals surface area contributed by atoms with Crippen molar-refractivity contribution in [2.24, 2.45) is 0 Å². The minimum absolute atomic E-state index is 0.373. The lowest BCUT2D eigenvalue weighted by Crippen LogP contribution is -2.66. The van der Waals surface area contributed by atoms with Crippen LogP contribution in [0.5, 0.6) is 0 Å². The van der Waals surface area contributed by atoms with Gasteiger partial charge in [-0.15, -0.1) is 0 Å². The molecule has 0 spiro atoms. The molecule has 0 fully saturated rings. The molecular weight excluding hydrogens is 460 g/mol. The van der Waals surface area contributed by atoms with Gasteiger partial charge in [0.1, 0.15) is 52.8 Å². The second-order valence-corrected chi connectivity index (χ2v) is 8.29. The summed E-state index contributed by atoms with van der Waals surface area (Å²) in [6.07, 6.45) is -6.29. The van der Waals surface area contributed by atoms with Crippen LogP contribution >= 0.6 is 0 Å². The third-order valence-electron chi connectivity index (χ3n) is 5.74. The molecule has 0 saturated carbocycles. The van der Waals surface area contributed by atoms with Gasteiger partial charge in [-0.1, -0.05) is 12.2 Å². The first-order valence-corrected chi connectivity index (χ1v) is 10.5. The van der Waals surface area contributed by atoms with E-state index in [4.69, 9.17) is 0 Å². The summed E-state index contributed by atoms with van der Waals surface area (Å²) in [5, 5.41) is 63.7. The monoisotopic (exact) mass is 488 g/mol. The lowest BCUT2D eigenvalue weighted by molar-refractivity contribution is -0.228. The average molecular weight is 488 g/mol. The van der Waals surface area contributed by atoms with Gasteiger partial charge in [-0.2, -0.15) is 0 Å². The van der Waals surface area contributed by atoms with Gasteiger partial charge in [0.05, 0.1) is 6.61 Å². The number of hydrogen-bond donors (Lipinski definition) is 6. The molecule has 0 amide bonds. The lowest BCUT2D eigenvalue weighted by atomic mass is 9.71. The Bertz CT molecular complexity index is 1000. The molecule has 0 bridgehead atoms. The van der Waals surface area contributed by atoms with E-state index in [1.807, 2.05) is 0 Å². The summed E-state index contributed by atoms with van der Waals surface area (Å²) in [7, 11) is 0. The number of rotatable bonds is 11. The Balaban J connectivity index is 2.61. The summed E-state index contributed by atoms with van der Waals surface area (Å²) in [6.45, 7) is 0.474. The molecule has 0 saturated heterocycles. The lowest BCUT2D eigenvalue weighted by Gasteiger charge is -2.46. The Morgan fingerprint density at radius 3 is 1.82 bits per heavy atom. The molecule has 2 aromatic rings. The van der Waals surface area contributed by atoms with Crippen LogP contribution < -0.4 is 0 Å². The largest absolute Gasteiger partial charge is 0.394 e. The van der Waals surface area contributed by atoms with Crippen LogP contribution in [0.1, 0.15) is 24.5 Å². The van der Waals surface area contributed by atoms with E-state index < -0.39 is 84.2 Å². The van der Waals surface area contributed by atoms with Gasteiger partial charge in [0.2, 0.25) is 0 Å². The molecule has 0 aliphatic carbocycles. The van der Waals surface area contributed by atoms with Gasteiger partial charge >= 0.3 is 0 Å². The first kappa shape index (κ1) is 27.9. The molecule has 0 aliphatic rings. The van der Waals surface area contributed by atoms with Crippen LogP contribution in [0.25, 0.3) is 0 Å². The van der Waals surface area contributed by atoms with Crippen LogP contribution in [0, 0.1) is 23.3 Å². The average Bonchev–Trinajstić information content (AvgIpc) is 2.80. The third kappa shape index (κ3) is 6.21. The van der Waals surface area contributed by atoms with E-state index in [-0.39, 0.29) is 5.56 Å². The van der Waals surface area contributed by atoms with Crippen molar-refractivity contribution in [3.63, 3.8) is 0 Å². The zero-order chi connectivity index (χ0) is 25.7. The zero-order valence-electron chi connectivity index (χ0n) is 18.4. The Kier molecular flexibility index (Phi) is 9.35. The third-order valence-corrected chi connectivity index (χ3v) is 5.74. The van der Waals surface area contributed by atoms with Gasteiger partial charge in [-0.3, -0.25) is 0 Å². The van der Waals surface area contributed by atoms with Crippen LogP contribution in [0.4, 0.5) is 17.6 Å². The topological polar surface area (TPSA) is 121 Å². The van der Waals surface area contributed by atoms with Crippen LogP contribution in [0.2, 0.25) is 0 Å². The van der Waals surface area contributed by atoms with E-state index in [2.05, 4.69) is 0 Å². The van der Waals surface area contributed by atoms with E-state index in [0.717, 1.165) is 30.3 Å². The summed E-state index contributed by atoms with van der Waals surface area (Å²) in [5.74, 6) is -3.70.